The van der Waals surface area contributed by atoms with E-state index >= 15 is 0 Å². The molecule has 1 aliphatic rings. The third kappa shape index (κ3) is 9.34. The van der Waals surface area contributed by atoms with Gasteiger partial charge in [0.25, 0.3) is 0 Å². The van der Waals surface area contributed by atoms with Gasteiger partial charge in [0.1, 0.15) is 24.5 Å². The maximum absolute atomic E-state index is 11.4. The summed E-state index contributed by atoms with van der Waals surface area (Å²) in [6.45, 7) is 3.90. The minimum atomic E-state index is -1.23. The van der Waals surface area contributed by atoms with Crippen LogP contribution < -0.4 is 10.6 Å². The molecule has 5 atom stereocenters. The molecule has 0 spiro atoms. The first-order chi connectivity index (χ1) is 13.0. The number of unbranched alkanes of at least 4 members (excludes halogenated alkanes) is 9. The first-order valence-electron chi connectivity index (χ1n) is 10.6. The molecule has 0 saturated carbocycles. The lowest BCUT2D eigenvalue weighted by Crippen LogP contribution is -2.67. The lowest BCUT2D eigenvalue weighted by atomic mass is 9.96. The van der Waals surface area contributed by atoms with Crippen molar-refractivity contribution in [3.05, 3.63) is 0 Å². The van der Waals surface area contributed by atoms with Crippen LogP contribution in [0.2, 0.25) is 0 Å². The second kappa shape index (κ2) is 14.3. The minimum Gasteiger partial charge on any atom is -0.394 e. The van der Waals surface area contributed by atoms with Crippen LogP contribution in [0, 0.1) is 0 Å². The van der Waals surface area contributed by atoms with E-state index in [1.54, 1.807) is 0 Å². The van der Waals surface area contributed by atoms with Crippen LogP contribution in [0.3, 0.4) is 0 Å². The van der Waals surface area contributed by atoms with E-state index in [1.807, 2.05) is 0 Å². The van der Waals surface area contributed by atoms with Gasteiger partial charge < -0.3 is 25.4 Å². The van der Waals surface area contributed by atoms with Crippen molar-refractivity contribution in [1.82, 2.24) is 10.6 Å². The number of aliphatic hydroxyl groups is 3. The van der Waals surface area contributed by atoms with Crippen molar-refractivity contribution in [3.63, 3.8) is 0 Å². The van der Waals surface area contributed by atoms with E-state index in [1.165, 1.54) is 58.3 Å². The van der Waals surface area contributed by atoms with E-state index in [-0.39, 0.29) is 12.5 Å². The molecule has 7 nitrogen and oxygen atoms in total. The van der Waals surface area contributed by atoms with E-state index in [2.05, 4.69) is 17.6 Å². The van der Waals surface area contributed by atoms with Gasteiger partial charge in [0, 0.05) is 6.92 Å². The average molecular weight is 389 g/mol. The van der Waals surface area contributed by atoms with Crippen LogP contribution in [-0.4, -0.2) is 65.0 Å². The highest BCUT2D eigenvalue weighted by molar-refractivity contribution is 5.73. The number of rotatable bonds is 14. The predicted octanol–water partition coefficient (Wildman–Crippen LogP) is 1.44. The molecule has 1 amide bonds. The molecule has 160 valence electrons. The van der Waals surface area contributed by atoms with E-state index in [4.69, 9.17) is 4.74 Å². The van der Waals surface area contributed by atoms with Crippen LogP contribution in [0.25, 0.3) is 0 Å². The van der Waals surface area contributed by atoms with Gasteiger partial charge in [0.2, 0.25) is 5.91 Å². The van der Waals surface area contributed by atoms with Crippen LogP contribution in [0.5, 0.6) is 0 Å². The van der Waals surface area contributed by atoms with E-state index in [0.717, 1.165) is 12.8 Å². The Morgan fingerprint density at radius 3 is 2.00 bits per heavy atom. The third-order valence-corrected chi connectivity index (χ3v) is 5.17. The third-order valence-electron chi connectivity index (χ3n) is 5.17. The highest BCUT2D eigenvalue weighted by atomic mass is 16.5. The quantitative estimate of drug-likeness (QED) is 0.288. The molecule has 5 N–H and O–H groups in total. The van der Waals surface area contributed by atoms with E-state index in [9.17, 15) is 20.1 Å². The fourth-order valence-electron chi connectivity index (χ4n) is 3.54. The summed E-state index contributed by atoms with van der Waals surface area (Å²) in [5.41, 5.74) is 0. The molecule has 0 aliphatic carbocycles. The van der Waals surface area contributed by atoms with Crippen LogP contribution in [-0.2, 0) is 9.53 Å². The molecule has 1 fully saturated rings. The smallest absolute Gasteiger partial charge is 0.217 e. The van der Waals surface area contributed by atoms with Crippen molar-refractivity contribution in [2.45, 2.75) is 109 Å². The largest absolute Gasteiger partial charge is 0.394 e. The lowest BCUT2D eigenvalue weighted by Gasteiger charge is -2.42. The molecular weight excluding hydrogens is 348 g/mol. The summed E-state index contributed by atoms with van der Waals surface area (Å²) in [4.78, 5) is 11.4. The molecule has 27 heavy (non-hydrogen) atoms. The highest BCUT2D eigenvalue weighted by Gasteiger charge is 2.44. The van der Waals surface area contributed by atoms with Gasteiger partial charge >= 0.3 is 0 Å². The number of hydrogen-bond donors (Lipinski definition) is 5. The van der Waals surface area contributed by atoms with Crippen molar-refractivity contribution >= 4 is 5.91 Å². The first kappa shape index (κ1) is 24.3. The molecule has 0 radical (unpaired) electrons. The molecule has 0 aromatic rings. The summed E-state index contributed by atoms with van der Waals surface area (Å²) >= 11 is 0. The summed E-state index contributed by atoms with van der Waals surface area (Å²) in [6, 6.07) is -0.747. The van der Waals surface area contributed by atoms with E-state index in [0.29, 0.717) is 6.54 Å². The van der Waals surface area contributed by atoms with Gasteiger partial charge in [0.05, 0.1) is 12.6 Å². The number of nitrogens with one attached hydrogen (secondary N) is 2. The van der Waals surface area contributed by atoms with Crippen molar-refractivity contribution in [1.29, 1.82) is 0 Å². The number of amides is 1. The van der Waals surface area contributed by atoms with Gasteiger partial charge in [-0.1, -0.05) is 64.7 Å². The fourth-order valence-corrected chi connectivity index (χ4v) is 3.54. The highest BCUT2D eigenvalue weighted by Crippen LogP contribution is 2.20. The molecule has 0 aromatic carbocycles. The summed E-state index contributed by atoms with van der Waals surface area (Å²) < 4.78 is 5.64. The maximum atomic E-state index is 11.4. The normalized spacial score (nSPS) is 28.3. The molecule has 0 unspecified atom stereocenters. The number of ether oxygens (including phenoxy) is 1. The summed E-state index contributed by atoms with van der Waals surface area (Å²) in [6.07, 6.45) is 8.60. The van der Waals surface area contributed by atoms with Gasteiger partial charge in [-0.05, 0) is 13.0 Å². The van der Waals surface area contributed by atoms with Gasteiger partial charge in [0.15, 0.2) is 0 Å². The Balaban J connectivity index is 2.23. The zero-order valence-electron chi connectivity index (χ0n) is 17.0. The van der Waals surface area contributed by atoms with Crippen LogP contribution >= 0.6 is 0 Å². The molecule has 0 bridgehead atoms. The minimum absolute atomic E-state index is 0.303. The number of aliphatic hydroxyl groups excluding tert-OH is 3. The van der Waals surface area contributed by atoms with E-state index < -0.39 is 30.6 Å². The van der Waals surface area contributed by atoms with Gasteiger partial charge in [-0.25, -0.2) is 0 Å². The average Bonchev–Trinajstić information content (AvgIpc) is 2.64. The predicted molar refractivity (Wildman–Crippen MR) is 105 cm³/mol. The zero-order valence-corrected chi connectivity index (χ0v) is 17.0. The Morgan fingerprint density at radius 1 is 0.926 bits per heavy atom. The van der Waals surface area contributed by atoms with Crippen LogP contribution in [0.1, 0.15) is 78.1 Å². The second-order valence-electron chi connectivity index (χ2n) is 7.62. The number of carbonyl (C=O) groups is 1. The summed E-state index contributed by atoms with van der Waals surface area (Å²) in [7, 11) is 0. The molecule has 1 rings (SSSR count). The van der Waals surface area contributed by atoms with Crippen LogP contribution in [0.15, 0.2) is 0 Å². The monoisotopic (exact) mass is 388 g/mol. The standard InChI is InChI=1S/C20H40N2O5/c1-3-4-5-6-7-8-9-10-11-12-13-21-20-17(22-15(2)24)19(26)18(25)16(14-23)27-20/h16-21,23,25-26H,3-14H2,1-2H3,(H,22,24)/t16-,17+,18-,19-,20-/m1/s1. The topological polar surface area (TPSA) is 111 Å². The Labute approximate surface area is 163 Å². The fraction of sp³-hybridized carbons (Fsp3) is 0.950. The maximum Gasteiger partial charge on any atom is 0.217 e. The number of hydrogen-bond acceptors (Lipinski definition) is 6. The Morgan fingerprint density at radius 2 is 1.48 bits per heavy atom. The second-order valence-corrected chi connectivity index (χ2v) is 7.62. The van der Waals surface area contributed by atoms with Gasteiger partial charge in [-0.2, -0.15) is 0 Å². The molecule has 1 heterocycles. The molecule has 1 saturated heterocycles. The zero-order chi connectivity index (χ0) is 20.1. The van der Waals surface area contributed by atoms with Crippen molar-refractivity contribution in [2.24, 2.45) is 0 Å². The van der Waals surface area contributed by atoms with Gasteiger partial charge in [-0.3, -0.25) is 10.1 Å². The first-order valence-corrected chi connectivity index (χ1v) is 10.6. The Bertz CT molecular complexity index is 397. The van der Waals surface area contributed by atoms with Gasteiger partial charge in [-0.15, -0.1) is 0 Å². The van der Waals surface area contributed by atoms with Crippen molar-refractivity contribution in [2.75, 3.05) is 13.2 Å². The summed E-state index contributed by atoms with van der Waals surface area (Å²) in [5.74, 6) is -0.303. The number of carbonyl (C=O) groups excluding carboxylic acids is 1. The molecule has 7 heteroatoms. The molecule has 1 aliphatic heterocycles. The van der Waals surface area contributed by atoms with Crippen molar-refractivity contribution in [3.8, 4) is 0 Å². The van der Waals surface area contributed by atoms with Crippen LogP contribution in [0.4, 0.5) is 0 Å². The van der Waals surface area contributed by atoms with Crippen molar-refractivity contribution < 1.29 is 24.9 Å². The Hall–Kier alpha value is -0.730. The SMILES string of the molecule is CCCCCCCCCCCCN[C@@H]1O[C@H](CO)[C@@H](O)[C@H](O)[C@@H]1NC(C)=O. The molecule has 0 aromatic heterocycles. The lowest BCUT2D eigenvalue weighted by molar-refractivity contribution is -0.202. The Kier molecular flexibility index (Phi) is 12.9. The summed E-state index contributed by atoms with van der Waals surface area (Å²) in [5, 5.41) is 35.4. The molecular formula is C20H40N2O5.